The number of ether oxygens (including phenoxy) is 1. The minimum atomic E-state index is -1.89. The van der Waals surface area contributed by atoms with Crippen molar-refractivity contribution >= 4 is 36.9 Å². The SMILES string of the molecule is C=C(I)C[C@@H](COC(=O)C(C)(C)C)O[Si](C)(C)C(C)(C)C. The van der Waals surface area contributed by atoms with Crippen molar-refractivity contribution in [2.45, 2.75) is 72.2 Å². The Balaban J connectivity index is 4.83. The summed E-state index contributed by atoms with van der Waals surface area (Å²) in [6.45, 7) is 20.8. The van der Waals surface area contributed by atoms with Crippen LogP contribution in [-0.2, 0) is 14.0 Å². The molecule has 0 aromatic rings. The molecule has 5 heteroatoms. The summed E-state index contributed by atoms with van der Waals surface area (Å²) >= 11 is 2.20. The normalized spacial score (nSPS) is 14.7. The van der Waals surface area contributed by atoms with Gasteiger partial charge < -0.3 is 9.16 Å². The van der Waals surface area contributed by atoms with Crippen molar-refractivity contribution < 1.29 is 14.0 Å². The lowest BCUT2D eigenvalue weighted by atomic mass is 9.97. The minimum Gasteiger partial charge on any atom is -0.463 e. The summed E-state index contributed by atoms with van der Waals surface area (Å²) in [6, 6.07) is 0. The maximum atomic E-state index is 11.9. The molecule has 0 saturated carbocycles. The molecule has 3 nitrogen and oxygen atoms in total. The van der Waals surface area contributed by atoms with Crippen LogP contribution in [0, 0.1) is 5.41 Å². The van der Waals surface area contributed by atoms with Crippen LogP contribution >= 0.6 is 22.6 Å². The van der Waals surface area contributed by atoms with Gasteiger partial charge in [0, 0.05) is 6.42 Å². The molecular formula is C16H31IO3Si. The third-order valence-electron chi connectivity index (χ3n) is 3.73. The topological polar surface area (TPSA) is 35.5 Å². The first-order chi connectivity index (χ1) is 9.17. The Hall–Kier alpha value is 0.117. The molecular weight excluding hydrogens is 395 g/mol. The van der Waals surface area contributed by atoms with Gasteiger partial charge in [-0.3, -0.25) is 4.79 Å². The zero-order chi connectivity index (χ0) is 17.1. The molecule has 0 amide bonds. The van der Waals surface area contributed by atoms with E-state index in [0.717, 1.165) is 3.58 Å². The Kier molecular flexibility index (Phi) is 7.64. The highest BCUT2D eigenvalue weighted by atomic mass is 127. The van der Waals surface area contributed by atoms with E-state index < -0.39 is 13.7 Å². The molecule has 0 spiro atoms. The predicted octanol–water partition coefficient (Wildman–Crippen LogP) is 5.30. The van der Waals surface area contributed by atoms with Crippen molar-refractivity contribution in [1.29, 1.82) is 0 Å². The van der Waals surface area contributed by atoms with E-state index in [4.69, 9.17) is 9.16 Å². The van der Waals surface area contributed by atoms with Crippen molar-refractivity contribution in [2.75, 3.05) is 6.61 Å². The molecule has 0 aliphatic heterocycles. The number of hydrogen-bond donors (Lipinski definition) is 0. The van der Waals surface area contributed by atoms with Crippen molar-refractivity contribution in [3.05, 3.63) is 10.2 Å². The molecule has 0 saturated heterocycles. The van der Waals surface area contributed by atoms with Crippen LogP contribution in [0.1, 0.15) is 48.0 Å². The fraction of sp³-hybridized carbons (Fsp3) is 0.812. The average molecular weight is 426 g/mol. The van der Waals surface area contributed by atoms with E-state index in [9.17, 15) is 4.79 Å². The van der Waals surface area contributed by atoms with Crippen LogP contribution in [0.3, 0.4) is 0 Å². The van der Waals surface area contributed by atoms with Gasteiger partial charge in [-0.2, -0.15) is 0 Å². The Morgan fingerprint density at radius 3 is 2.00 bits per heavy atom. The molecule has 0 N–H and O–H groups in total. The van der Waals surface area contributed by atoms with Gasteiger partial charge in [0.25, 0.3) is 0 Å². The van der Waals surface area contributed by atoms with E-state index in [0.29, 0.717) is 13.0 Å². The molecule has 1 atom stereocenters. The Bertz CT molecular complexity index is 378. The molecule has 21 heavy (non-hydrogen) atoms. The molecule has 0 unspecified atom stereocenters. The molecule has 0 heterocycles. The third kappa shape index (κ3) is 7.79. The van der Waals surface area contributed by atoms with Crippen LogP contribution in [0.15, 0.2) is 10.2 Å². The van der Waals surface area contributed by atoms with Crippen molar-refractivity contribution in [3.63, 3.8) is 0 Å². The highest BCUT2D eigenvalue weighted by Gasteiger charge is 2.39. The maximum absolute atomic E-state index is 11.9. The van der Waals surface area contributed by atoms with E-state index in [2.05, 4.69) is 63.0 Å². The van der Waals surface area contributed by atoms with E-state index in [1.165, 1.54) is 0 Å². The van der Waals surface area contributed by atoms with Crippen LogP contribution in [-0.4, -0.2) is 27.0 Å². The van der Waals surface area contributed by atoms with Gasteiger partial charge in [-0.05, 0) is 65.1 Å². The van der Waals surface area contributed by atoms with Gasteiger partial charge in [0.2, 0.25) is 0 Å². The van der Waals surface area contributed by atoms with Crippen LogP contribution < -0.4 is 0 Å². The Morgan fingerprint density at radius 2 is 1.67 bits per heavy atom. The van der Waals surface area contributed by atoms with Gasteiger partial charge in [-0.15, -0.1) is 0 Å². The van der Waals surface area contributed by atoms with Crippen LogP contribution in [0.4, 0.5) is 0 Å². The summed E-state index contributed by atoms with van der Waals surface area (Å²) in [5, 5.41) is 0.131. The monoisotopic (exact) mass is 426 g/mol. The summed E-state index contributed by atoms with van der Waals surface area (Å²) in [4.78, 5) is 11.9. The van der Waals surface area contributed by atoms with E-state index in [-0.39, 0.29) is 17.1 Å². The zero-order valence-corrected chi connectivity index (χ0v) is 18.0. The first-order valence-corrected chi connectivity index (χ1v) is 11.3. The van der Waals surface area contributed by atoms with Gasteiger partial charge in [0.15, 0.2) is 8.32 Å². The molecule has 0 aliphatic carbocycles. The molecule has 0 radical (unpaired) electrons. The van der Waals surface area contributed by atoms with Crippen LogP contribution in [0.5, 0.6) is 0 Å². The maximum Gasteiger partial charge on any atom is 0.311 e. The number of hydrogen-bond acceptors (Lipinski definition) is 3. The second-order valence-electron chi connectivity index (χ2n) is 8.07. The average Bonchev–Trinajstić information content (AvgIpc) is 2.20. The van der Waals surface area contributed by atoms with Gasteiger partial charge in [0.1, 0.15) is 6.61 Å². The molecule has 124 valence electrons. The Morgan fingerprint density at radius 1 is 1.19 bits per heavy atom. The first kappa shape index (κ1) is 21.1. The minimum absolute atomic E-state index is 0.110. The molecule has 0 fully saturated rings. The molecule has 0 rings (SSSR count). The van der Waals surface area contributed by atoms with Gasteiger partial charge >= 0.3 is 5.97 Å². The molecule has 0 aromatic carbocycles. The smallest absolute Gasteiger partial charge is 0.311 e. The quantitative estimate of drug-likeness (QED) is 0.328. The number of carbonyl (C=O) groups is 1. The number of esters is 1. The predicted molar refractivity (Wildman–Crippen MR) is 100 cm³/mol. The van der Waals surface area contributed by atoms with Crippen LogP contribution in [0.2, 0.25) is 18.1 Å². The summed E-state index contributed by atoms with van der Waals surface area (Å²) in [6.07, 6.45) is 0.603. The fourth-order valence-electron chi connectivity index (χ4n) is 1.36. The van der Waals surface area contributed by atoms with E-state index in [1.54, 1.807) is 0 Å². The van der Waals surface area contributed by atoms with Crippen molar-refractivity contribution in [1.82, 2.24) is 0 Å². The number of carbonyl (C=O) groups excluding carboxylic acids is 1. The van der Waals surface area contributed by atoms with Gasteiger partial charge in [-0.25, -0.2) is 0 Å². The zero-order valence-electron chi connectivity index (χ0n) is 14.8. The standard InChI is InChI=1S/C16H31IO3Si/c1-12(17)10-13(11-19-14(18)15(2,3)4)20-21(8,9)16(5,6)7/h13H,1,10-11H2,2-9H3/t13-/m0/s1. The molecule has 0 bridgehead atoms. The molecule has 0 aliphatic rings. The Labute approximate surface area is 145 Å². The summed E-state index contributed by atoms with van der Waals surface area (Å²) in [5.41, 5.74) is -0.483. The lowest BCUT2D eigenvalue weighted by Gasteiger charge is -2.39. The largest absolute Gasteiger partial charge is 0.463 e. The fourth-order valence-corrected chi connectivity index (χ4v) is 3.19. The number of rotatable bonds is 6. The van der Waals surface area contributed by atoms with Crippen molar-refractivity contribution in [2.24, 2.45) is 5.41 Å². The lowest BCUT2D eigenvalue weighted by Crippen LogP contribution is -2.45. The van der Waals surface area contributed by atoms with Crippen LogP contribution in [0.25, 0.3) is 0 Å². The summed E-state index contributed by atoms with van der Waals surface area (Å²) in [7, 11) is -1.89. The van der Waals surface area contributed by atoms with Gasteiger partial charge in [-0.1, -0.05) is 27.4 Å². The third-order valence-corrected chi connectivity index (χ3v) is 8.70. The van der Waals surface area contributed by atoms with Gasteiger partial charge in [0.05, 0.1) is 11.5 Å². The molecule has 0 aromatic heterocycles. The number of halogens is 1. The van der Waals surface area contributed by atoms with E-state index >= 15 is 0 Å². The van der Waals surface area contributed by atoms with Crippen molar-refractivity contribution in [3.8, 4) is 0 Å². The first-order valence-electron chi connectivity index (χ1n) is 7.35. The second kappa shape index (κ2) is 7.59. The summed E-state index contributed by atoms with van der Waals surface area (Å²) < 4.78 is 12.8. The second-order valence-corrected chi connectivity index (χ2v) is 14.4. The summed E-state index contributed by atoms with van der Waals surface area (Å²) in [5.74, 6) is -0.189. The lowest BCUT2D eigenvalue weighted by molar-refractivity contribution is -0.155. The van der Waals surface area contributed by atoms with E-state index in [1.807, 2.05) is 20.8 Å². The highest BCUT2D eigenvalue weighted by Crippen LogP contribution is 2.38. The highest BCUT2D eigenvalue weighted by molar-refractivity contribution is 14.1.